The quantitative estimate of drug-likeness (QED) is 0.844. The van der Waals surface area contributed by atoms with E-state index in [1.54, 1.807) is 0 Å². The highest BCUT2D eigenvalue weighted by Gasteiger charge is 2.28. The Balaban J connectivity index is 1.59. The lowest BCUT2D eigenvalue weighted by Gasteiger charge is -2.30. The van der Waals surface area contributed by atoms with Gasteiger partial charge in [0.1, 0.15) is 12.4 Å². The summed E-state index contributed by atoms with van der Waals surface area (Å²) in [5.74, 6) is 1.53. The van der Waals surface area contributed by atoms with E-state index in [9.17, 15) is 9.59 Å². The van der Waals surface area contributed by atoms with Crippen molar-refractivity contribution in [3.63, 3.8) is 0 Å². The molecule has 1 saturated carbocycles. The Morgan fingerprint density at radius 3 is 2.69 bits per heavy atom. The number of rotatable bonds is 5. The fourth-order valence-corrected chi connectivity index (χ4v) is 3.81. The van der Waals surface area contributed by atoms with Gasteiger partial charge < -0.3 is 15.4 Å². The van der Waals surface area contributed by atoms with Crippen LogP contribution in [0, 0.1) is 11.8 Å². The molecule has 0 aromatic heterocycles. The zero-order chi connectivity index (χ0) is 18.5. The van der Waals surface area contributed by atoms with E-state index in [0.29, 0.717) is 25.5 Å². The van der Waals surface area contributed by atoms with Gasteiger partial charge in [0.15, 0.2) is 0 Å². The fourth-order valence-electron chi connectivity index (χ4n) is 3.81. The molecule has 5 heteroatoms. The predicted octanol–water partition coefficient (Wildman–Crippen LogP) is 3.67. The maximum absolute atomic E-state index is 12.6. The molecule has 2 N–H and O–H groups in total. The van der Waals surface area contributed by atoms with Crippen molar-refractivity contribution in [1.82, 2.24) is 5.32 Å². The number of nitrogens with one attached hydrogen (secondary N) is 2. The molecule has 1 unspecified atom stereocenters. The molecule has 2 aliphatic rings. The van der Waals surface area contributed by atoms with Gasteiger partial charge >= 0.3 is 0 Å². The van der Waals surface area contributed by atoms with Gasteiger partial charge in [-0.15, -0.1) is 0 Å². The van der Waals surface area contributed by atoms with Gasteiger partial charge in [0, 0.05) is 18.2 Å². The first-order chi connectivity index (χ1) is 12.5. The third-order valence-corrected chi connectivity index (χ3v) is 5.46. The van der Waals surface area contributed by atoms with Crippen LogP contribution >= 0.6 is 0 Å². The summed E-state index contributed by atoms with van der Waals surface area (Å²) >= 11 is 0. The maximum Gasteiger partial charge on any atom is 0.227 e. The minimum Gasteiger partial charge on any atom is -0.492 e. The molecule has 0 bridgehead atoms. The monoisotopic (exact) mass is 358 g/mol. The van der Waals surface area contributed by atoms with E-state index < -0.39 is 0 Å². The van der Waals surface area contributed by atoms with E-state index in [0.717, 1.165) is 42.2 Å². The number of carbonyl (C=O) groups is 2. The molecule has 142 valence electrons. The Kier molecular flexibility index (Phi) is 6.17. The Labute approximate surface area is 155 Å². The van der Waals surface area contributed by atoms with Crippen molar-refractivity contribution in [3.05, 3.63) is 23.8 Å². The van der Waals surface area contributed by atoms with Crippen molar-refractivity contribution in [1.29, 1.82) is 0 Å². The smallest absolute Gasteiger partial charge is 0.227 e. The molecule has 1 heterocycles. The molecule has 1 aromatic rings. The highest BCUT2D eigenvalue weighted by molar-refractivity contribution is 5.91. The fraction of sp³-hybridized carbons (Fsp3) is 0.619. The van der Waals surface area contributed by atoms with Gasteiger partial charge in [0.05, 0.1) is 5.92 Å². The summed E-state index contributed by atoms with van der Waals surface area (Å²) in [5, 5.41) is 6.13. The second-order valence-electron chi connectivity index (χ2n) is 7.80. The molecular formula is C21H30N2O3. The molecule has 1 aliphatic heterocycles. The summed E-state index contributed by atoms with van der Waals surface area (Å²) in [6, 6.07) is 5.98. The summed E-state index contributed by atoms with van der Waals surface area (Å²) in [6.07, 6.45) is 6.52. The predicted molar refractivity (Wildman–Crippen MR) is 102 cm³/mol. The molecule has 3 rings (SSSR count). The van der Waals surface area contributed by atoms with Crippen LogP contribution in [0.3, 0.4) is 0 Å². The van der Waals surface area contributed by atoms with Gasteiger partial charge in [-0.25, -0.2) is 0 Å². The molecular weight excluding hydrogens is 328 g/mol. The molecule has 1 aliphatic carbocycles. The number of fused-ring (bicyclic) bond motifs is 1. The Hall–Kier alpha value is -2.04. The van der Waals surface area contributed by atoms with E-state index in [2.05, 4.69) is 17.6 Å². The van der Waals surface area contributed by atoms with E-state index >= 15 is 0 Å². The second-order valence-corrected chi connectivity index (χ2v) is 7.80. The van der Waals surface area contributed by atoms with Gasteiger partial charge in [-0.1, -0.05) is 13.8 Å². The van der Waals surface area contributed by atoms with Crippen molar-refractivity contribution >= 4 is 17.5 Å². The number of hydrogen-bond donors (Lipinski definition) is 2. The lowest BCUT2D eigenvalue weighted by molar-refractivity contribution is -0.127. The topological polar surface area (TPSA) is 67.4 Å². The molecule has 0 saturated heterocycles. The molecule has 1 aromatic carbocycles. The third kappa shape index (κ3) is 4.77. The van der Waals surface area contributed by atoms with Gasteiger partial charge in [-0.3, -0.25) is 9.59 Å². The lowest BCUT2D eigenvalue weighted by atomic mass is 9.87. The average Bonchev–Trinajstić information content (AvgIpc) is 2.63. The molecule has 0 radical (unpaired) electrons. The second kappa shape index (κ2) is 8.56. The SMILES string of the molecule is CCCC(=O)Nc1ccc2c(c1)CC(C(=O)NC1CCC(C)CC1)CO2. The molecule has 2 amide bonds. The number of anilines is 1. The van der Waals surface area contributed by atoms with E-state index in [1.165, 1.54) is 12.8 Å². The molecule has 1 atom stereocenters. The highest BCUT2D eigenvalue weighted by atomic mass is 16.5. The Bertz CT molecular complexity index is 651. The summed E-state index contributed by atoms with van der Waals surface area (Å²) in [4.78, 5) is 24.4. The largest absolute Gasteiger partial charge is 0.492 e. The minimum atomic E-state index is -0.163. The highest BCUT2D eigenvalue weighted by Crippen LogP contribution is 2.30. The summed E-state index contributed by atoms with van der Waals surface area (Å²) in [5.41, 5.74) is 1.76. The van der Waals surface area contributed by atoms with Crippen LogP contribution in [-0.4, -0.2) is 24.5 Å². The van der Waals surface area contributed by atoms with Gasteiger partial charge in [-0.2, -0.15) is 0 Å². The van der Waals surface area contributed by atoms with Crippen molar-refractivity contribution in [2.24, 2.45) is 11.8 Å². The summed E-state index contributed by atoms with van der Waals surface area (Å²) in [7, 11) is 0. The van der Waals surface area contributed by atoms with E-state index in [1.807, 2.05) is 25.1 Å². The van der Waals surface area contributed by atoms with Gasteiger partial charge in [0.2, 0.25) is 11.8 Å². The van der Waals surface area contributed by atoms with Crippen molar-refractivity contribution in [2.45, 2.75) is 64.8 Å². The van der Waals surface area contributed by atoms with Crippen LogP contribution < -0.4 is 15.4 Å². The number of amides is 2. The number of carbonyl (C=O) groups excluding carboxylic acids is 2. The zero-order valence-electron chi connectivity index (χ0n) is 15.8. The van der Waals surface area contributed by atoms with Crippen LogP contribution in [0.4, 0.5) is 5.69 Å². The molecule has 26 heavy (non-hydrogen) atoms. The lowest BCUT2D eigenvalue weighted by Crippen LogP contribution is -2.43. The van der Waals surface area contributed by atoms with Crippen LogP contribution in [0.1, 0.15) is 57.9 Å². The molecule has 0 spiro atoms. The first-order valence-electron chi connectivity index (χ1n) is 9.91. The third-order valence-electron chi connectivity index (χ3n) is 5.46. The number of benzene rings is 1. The maximum atomic E-state index is 12.6. The van der Waals surface area contributed by atoms with Crippen LogP contribution in [0.25, 0.3) is 0 Å². The first kappa shape index (κ1) is 18.7. The summed E-state index contributed by atoms with van der Waals surface area (Å²) in [6.45, 7) is 4.68. The van der Waals surface area contributed by atoms with Gasteiger partial charge in [0.25, 0.3) is 0 Å². The number of hydrogen-bond acceptors (Lipinski definition) is 3. The molecule has 5 nitrogen and oxygen atoms in total. The minimum absolute atomic E-state index is 0.0185. The summed E-state index contributed by atoms with van der Waals surface area (Å²) < 4.78 is 5.80. The van der Waals surface area contributed by atoms with Gasteiger partial charge in [-0.05, 0) is 68.2 Å². The molecule has 1 fully saturated rings. The standard InChI is InChI=1S/C21H30N2O3/c1-3-4-20(24)22-18-9-10-19-15(12-18)11-16(13-26-19)21(25)23-17-7-5-14(2)6-8-17/h9-10,12,14,16-17H,3-8,11,13H2,1-2H3,(H,22,24)(H,23,25). The Morgan fingerprint density at radius 2 is 1.96 bits per heavy atom. The van der Waals surface area contributed by atoms with Crippen molar-refractivity contribution < 1.29 is 14.3 Å². The average molecular weight is 358 g/mol. The van der Waals surface area contributed by atoms with E-state index in [4.69, 9.17) is 4.74 Å². The van der Waals surface area contributed by atoms with E-state index in [-0.39, 0.29) is 17.7 Å². The van der Waals surface area contributed by atoms with Crippen LogP contribution in [0.2, 0.25) is 0 Å². The van der Waals surface area contributed by atoms with Crippen molar-refractivity contribution in [3.8, 4) is 5.75 Å². The van der Waals surface area contributed by atoms with Crippen LogP contribution in [-0.2, 0) is 16.0 Å². The Morgan fingerprint density at radius 1 is 1.19 bits per heavy atom. The first-order valence-corrected chi connectivity index (χ1v) is 9.91. The normalized spacial score (nSPS) is 24.9. The van der Waals surface area contributed by atoms with Crippen molar-refractivity contribution in [2.75, 3.05) is 11.9 Å². The van der Waals surface area contributed by atoms with Crippen LogP contribution in [0.5, 0.6) is 5.75 Å². The number of ether oxygens (including phenoxy) is 1. The zero-order valence-corrected chi connectivity index (χ0v) is 15.8. The van der Waals surface area contributed by atoms with Crippen LogP contribution in [0.15, 0.2) is 18.2 Å².